The average Bonchev–Trinajstić information content (AvgIpc) is 2.39. The summed E-state index contributed by atoms with van der Waals surface area (Å²) in [6.45, 7) is 2.36. The fourth-order valence-electron chi connectivity index (χ4n) is 1.85. The molecule has 1 aromatic heterocycles. The van der Waals surface area contributed by atoms with Crippen LogP contribution in [-0.2, 0) is 16.4 Å². The molecule has 1 aromatic carbocycles. The summed E-state index contributed by atoms with van der Waals surface area (Å²) in [5, 5.41) is 1.11. The van der Waals surface area contributed by atoms with Crippen molar-refractivity contribution in [2.75, 3.05) is 17.8 Å². The molecule has 5 nitrogen and oxygen atoms in total. The molecule has 0 N–H and O–H groups in total. The molecule has 0 amide bonds. The number of aromatic nitrogens is 2. The number of benzene rings is 1. The summed E-state index contributed by atoms with van der Waals surface area (Å²) in [6, 6.07) is 5.36. The lowest BCUT2D eigenvalue weighted by Gasteiger charge is -2.11. The second kappa shape index (κ2) is 6.50. The van der Waals surface area contributed by atoms with Gasteiger partial charge in [0.25, 0.3) is 5.56 Å². The van der Waals surface area contributed by atoms with Crippen LogP contribution >= 0.6 is 27.7 Å². The number of fused-ring (bicyclic) bond motifs is 1. The fourth-order valence-corrected chi connectivity index (χ4v) is 4.46. The van der Waals surface area contributed by atoms with E-state index >= 15 is 0 Å². The Kier molecular flexibility index (Phi) is 5.11. The van der Waals surface area contributed by atoms with Crippen molar-refractivity contribution < 1.29 is 8.42 Å². The molecule has 0 bridgehead atoms. The number of rotatable bonds is 5. The van der Waals surface area contributed by atoms with Gasteiger partial charge in [-0.25, -0.2) is 13.4 Å². The molecule has 0 aliphatic rings. The molecule has 0 radical (unpaired) electrons. The minimum Gasteiger partial charge on any atom is -0.287 e. The van der Waals surface area contributed by atoms with E-state index in [0.29, 0.717) is 28.4 Å². The first-order valence-corrected chi connectivity index (χ1v) is 10.2. The van der Waals surface area contributed by atoms with E-state index in [4.69, 9.17) is 0 Å². The zero-order valence-electron chi connectivity index (χ0n) is 11.7. The Morgan fingerprint density at radius 2 is 2.10 bits per heavy atom. The largest absolute Gasteiger partial charge is 0.287 e. The third-order valence-electron chi connectivity index (χ3n) is 2.88. The smallest absolute Gasteiger partial charge is 0.262 e. The van der Waals surface area contributed by atoms with E-state index in [1.165, 1.54) is 18.0 Å². The summed E-state index contributed by atoms with van der Waals surface area (Å²) in [7, 11) is -3.01. The first kappa shape index (κ1) is 16.5. The van der Waals surface area contributed by atoms with Crippen LogP contribution < -0.4 is 5.56 Å². The van der Waals surface area contributed by atoms with Crippen LogP contribution in [0.5, 0.6) is 0 Å². The summed E-state index contributed by atoms with van der Waals surface area (Å²) in [5.74, 6) is 0.447. The van der Waals surface area contributed by atoms with Gasteiger partial charge >= 0.3 is 0 Å². The Hall–Kier alpha value is -0.860. The molecule has 0 aliphatic carbocycles. The molecule has 0 saturated heterocycles. The summed E-state index contributed by atoms with van der Waals surface area (Å²) in [6.07, 6.45) is 1.20. The van der Waals surface area contributed by atoms with Gasteiger partial charge in [-0.2, -0.15) is 0 Å². The lowest BCUT2D eigenvalue weighted by molar-refractivity contribution is 0.603. The minimum absolute atomic E-state index is 0.0651. The standard InChI is InChI=1S/C13H15BrN2O3S2/c1-3-16-12(17)10-8-9(14)4-5-11(10)15-13(16)20-6-7-21(2,18)19/h4-5,8H,3,6-7H2,1-2H3. The normalized spacial score (nSPS) is 12.0. The van der Waals surface area contributed by atoms with E-state index in [1.807, 2.05) is 13.0 Å². The van der Waals surface area contributed by atoms with E-state index in [-0.39, 0.29) is 11.3 Å². The van der Waals surface area contributed by atoms with Crippen LogP contribution in [0.3, 0.4) is 0 Å². The first-order chi connectivity index (χ1) is 9.81. The average molecular weight is 391 g/mol. The van der Waals surface area contributed by atoms with Crippen molar-refractivity contribution in [2.45, 2.75) is 18.6 Å². The summed E-state index contributed by atoms with van der Waals surface area (Å²) < 4.78 is 24.8. The van der Waals surface area contributed by atoms with Crippen molar-refractivity contribution in [1.29, 1.82) is 0 Å². The molecule has 114 valence electrons. The first-order valence-electron chi connectivity index (χ1n) is 6.32. The highest BCUT2D eigenvalue weighted by atomic mass is 79.9. The van der Waals surface area contributed by atoms with Gasteiger partial charge in [0.1, 0.15) is 9.84 Å². The van der Waals surface area contributed by atoms with Crippen molar-refractivity contribution in [1.82, 2.24) is 9.55 Å². The van der Waals surface area contributed by atoms with Crippen LogP contribution in [-0.4, -0.2) is 35.7 Å². The summed E-state index contributed by atoms with van der Waals surface area (Å²) in [4.78, 5) is 16.9. The number of thioether (sulfide) groups is 1. The van der Waals surface area contributed by atoms with Gasteiger partial charge in [0, 0.05) is 23.0 Å². The van der Waals surface area contributed by atoms with Crippen LogP contribution in [0.25, 0.3) is 10.9 Å². The van der Waals surface area contributed by atoms with Gasteiger partial charge < -0.3 is 0 Å². The maximum Gasteiger partial charge on any atom is 0.262 e. The van der Waals surface area contributed by atoms with Gasteiger partial charge in [0.05, 0.1) is 16.7 Å². The molecule has 0 saturated carbocycles. The van der Waals surface area contributed by atoms with Crippen LogP contribution in [0.1, 0.15) is 6.92 Å². The summed E-state index contributed by atoms with van der Waals surface area (Å²) in [5.41, 5.74) is 0.514. The Labute approximate surface area is 135 Å². The fraction of sp³-hybridized carbons (Fsp3) is 0.385. The van der Waals surface area contributed by atoms with Crippen molar-refractivity contribution in [3.05, 3.63) is 33.0 Å². The second-order valence-corrected chi connectivity index (χ2v) is 8.82. The molecule has 0 unspecified atom stereocenters. The van der Waals surface area contributed by atoms with Gasteiger partial charge in [-0.05, 0) is 25.1 Å². The molecule has 21 heavy (non-hydrogen) atoms. The van der Waals surface area contributed by atoms with Gasteiger partial charge in [0.2, 0.25) is 0 Å². The third kappa shape index (κ3) is 4.08. The van der Waals surface area contributed by atoms with Crippen LogP contribution in [0.15, 0.2) is 32.6 Å². The van der Waals surface area contributed by atoms with E-state index in [9.17, 15) is 13.2 Å². The van der Waals surface area contributed by atoms with Crippen LogP contribution in [0, 0.1) is 0 Å². The Balaban J connectivity index is 2.44. The number of nitrogens with zero attached hydrogens (tertiary/aromatic N) is 2. The maximum atomic E-state index is 12.5. The molecule has 0 fully saturated rings. The SMILES string of the molecule is CCn1c(SCCS(C)(=O)=O)nc2ccc(Br)cc2c1=O. The van der Waals surface area contributed by atoms with Crippen LogP contribution in [0.4, 0.5) is 0 Å². The highest BCUT2D eigenvalue weighted by Crippen LogP contribution is 2.20. The predicted octanol–water partition coefficient (Wildman–Crippen LogP) is 2.32. The third-order valence-corrected chi connectivity index (χ3v) is 5.56. The van der Waals surface area contributed by atoms with Crippen molar-refractivity contribution in [3.63, 3.8) is 0 Å². The zero-order chi connectivity index (χ0) is 15.6. The maximum absolute atomic E-state index is 12.5. The quantitative estimate of drug-likeness (QED) is 0.578. The highest BCUT2D eigenvalue weighted by Gasteiger charge is 2.12. The van der Waals surface area contributed by atoms with Crippen LogP contribution in [0.2, 0.25) is 0 Å². The minimum atomic E-state index is -3.01. The van der Waals surface area contributed by atoms with Gasteiger partial charge in [-0.3, -0.25) is 9.36 Å². The number of hydrogen-bond acceptors (Lipinski definition) is 5. The molecular formula is C13H15BrN2O3S2. The second-order valence-electron chi connectivity index (χ2n) is 4.58. The van der Waals surface area contributed by atoms with Crippen molar-refractivity contribution >= 4 is 48.4 Å². The number of halogens is 1. The Morgan fingerprint density at radius 3 is 2.71 bits per heavy atom. The molecule has 0 atom stereocenters. The van der Waals surface area contributed by atoms with E-state index in [2.05, 4.69) is 20.9 Å². The van der Waals surface area contributed by atoms with E-state index in [1.54, 1.807) is 16.7 Å². The lowest BCUT2D eigenvalue weighted by atomic mass is 10.2. The molecular weight excluding hydrogens is 376 g/mol. The number of sulfone groups is 1. The van der Waals surface area contributed by atoms with Gasteiger partial charge in [0.15, 0.2) is 5.16 Å². The molecule has 2 rings (SSSR count). The monoisotopic (exact) mass is 390 g/mol. The zero-order valence-corrected chi connectivity index (χ0v) is 14.9. The van der Waals surface area contributed by atoms with Crippen molar-refractivity contribution in [2.24, 2.45) is 0 Å². The molecule has 1 heterocycles. The van der Waals surface area contributed by atoms with E-state index in [0.717, 1.165) is 4.47 Å². The number of hydrogen-bond donors (Lipinski definition) is 0. The summed E-state index contributed by atoms with van der Waals surface area (Å²) >= 11 is 4.64. The topological polar surface area (TPSA) is 69.0 Å². The van der Waals surface area contributed by atoms with E-state index < -0.39 is 9.84 Å². The molecule has 0 aliphatic heterocycles. The Morgan fingerprint density at radius 1 is 1.38 bits per heavy atom. The Bertz CT molecular complexity index is 831. The molecule has 8 heteroatoms. The predicted molar refractivity (Wildman–Crippen MR) is 89.8 cm³/mol. The lowest BCUT2D eigenvalue weighted by Crippen LogP contribution is -2.22. The highest BCUT2D eigenvalue weighted by molar-refractivity contribution is 9.10. The van der Waals surface area contributed by atoms with Gasteiger partial charge in [-0.15, -0.1) is 0 Å². The molecule has 2 aromatic rings. The van der Waals surface area contributed by atoms with Gasteiger partial charge in [-0.1, -0.05) is 27.7 Å². The molecule has 0 spiro atoms. The van der Waals surface area contributed by atoms with Crippen molar-refractivity contribution in [3.8, 4) is 0 Å².